The Morgan fingerprint density at radius 3 is 1.58 bits per heavy atom. The van der Waals surface area contributed by atoms with Crippen molar-refractivity contribution in [3.05, 3.63) is 22.2 Å². The largest absolute Gasteiger partial charge is 0.481 e. The highest BCUT2D eigenvalue weighted by molar-refractivity contribution is 5.93. The van der Waals surface area contributed by atoms with Crippen molar-refractivity contribution in [2.45, 2.75) is 167 Å². The Bertz CT molecular complexity index is 1210. The summed E-state index contributed by atoms with van der Waals surface area (Å²) in [5.74, 6) is -4.37. The van der Waals surface area contributed by atoms with E-state index in [0.29, 0.717) is 17.6 Å². The van der Waals surface area contributed by atoms with E-state index in [-0.39, 0.29) is 24.0 Å². The van der Waals surface area contributed by atoms with Gasteiger partial charge >= 0.3 is 23.6 Å². The molecular formula is C37H62N4O9. The normalized spacial score (nSPS) is 11.0. The van der Waals surface area contributed by atoms with Gasteiger partial charge in [0.2, 0.25) is 5.52 Å². The highest BCUT2D eigenvalue weighted by Gasteiger charge is 2.24. The van der Waals surface area contributed by atoms with Crippen LogP contribution in [0, 0.1) is 16.0 Å². The monoisotopic (exact) mass is 706 g/mol. The summed E-state index contributed by atoms with van der Waals surface area (Å²) >= 11 is 0. The van der Waals surface area contributed by atoms with Crippen molar-refractivity contribution in [2.75, 3.05) is 11.9 Å². The van der Waals surface area contributed by atoms with Gasteiger partial charge in [-0.3, -0.25) is 24.5 Å². The quantitative estimate of drug-likeness (QED) is 0.0250. The molecule has 0 aliphatic carbocycles. The molecule has 0 bridgehead atoms. The van der Waals surface area contributed by atoms with E-state index in [1.165, 1.54) is 89.5 Å². The van der Waals surface area contributed by atoms with Crippen molar-refractivity contribution in [1.82, 2.24) is 10.3 Å². The molecule has 1 heterocycles. The molecule has 0 amide bonds. The molecule has 1 aromatic carbocycles. The lowest BCUT2D eigenvalue weighted by atomic mass is 10.00. The van der Waals surface area contributed by atoms with Gasteiger partial charge in [0, 0.05) is 19.0 Å². The van der Waals surface area contributed by atoms with Crippen LogP contribution in [0.15, 0.2) is 16.8 Å². The number of aliphatic carboxylic acids is 3. The average molecular weight is 707 g/mol. The minimum Gasteiger partial charge on any atom is -0.481 e. The van der Waals surface area contributed by atoms with Crippen LogP contribution in [0.4, 0.5) is 11.4 Å². The van der Waals surface area contributed by atoms with Crippen LogP contribution in [0.25, 0.3) is 11.0 Å². The molecule has 0 radical (unpaired) electrons. The first kappa shape index (κ1) is 44.3. The lowest BCUT2D eigenvalue weighted by Crippen LogP contribution is -2.23. The van der Waals surface area contributed by atoms with Crippen LogP contribution in [0.3, 0.4) is 0 Å². The van der Waals surface area contributed by atoms with Gasteiger partial charge in [0.25, 0.3) is 0 Å². The van der Waals surface area contributed by atoms with Crippen LogP contribution < -0.4 is 5.32 Å². The van der Waals surface area contributed by atoms with Crippen LogP contribution in [0.5, 0.6) is 0 Å². The summed E-state index contributed by atoms with van der Waals surface area (Å²) in [6.45, 7) is 3.01. The van der Waals surface area contributed by atoms with Crippen LogP contribution >= 0.6 is 0 Å². The second kappa shape index (κ2) is 29.0. The fourth-order valence-corrected chi connectivity index (χ4v) is 5.90. The second-order valence-corrected chi connectivity index (χ2v) is 13.2. The first-order valence-electron chi connectivity index (χ1n) is 19.0. The predicted molar refractivity (Wildman–Crippen MR) is 194 cm³/mol. The molecule has 13 heteroatoms. The molecule has 0 fully saturated rings. The fourth-order valence-electron chi connectivity index (χ4n) is 5.90. The molecule has 0 aliphatic rings. The lowest BCUT2D eigenvalue weighted by molar-refractivity contribution is -0.383. The number of hydrogen-bond donors (Lipinski definition) is 4. The zero-order valence-electron chi connectivity index (χ0n) is 30.2. The molecule has 2 rings (SSSR count). The molecule has 50 heavy (non-hydrogen) atoms. The van der Waals surface area contributed by atoms with Gasteiger partial charge in [-0.2, -0.15) is 0 Å². The van der Waals surface area contributed by atoms with E-state index < -0.39 is 28.7 Å². The number of carbonyl (C=O) groups is 3. The smallest absolute Gasteiger partial charge is 0.317 e. The molecule has 0 unspecified atom stereocenters. The Morgan fingerprint density at radius 2 is 1.12 bits per heavy atom. The number of unbranched alkanes of at least 4 members (excludes halogenated alkanes) is 21. The Hall–Kier alpha value is -3.77. The van der Waals surface area contributed by atoms with Gasteiger partial charge in [0.05, 0.1) is 10.6 Å². The van der Waals surface area contributed by atoms with E-state index in [1.54, 1.807) is 6.07 Å². The Labute approximate surface area is 297 Å². The van der Waals surface area contributed by atoms with E-state index in [9.17, 15) is 24.5 Å². The summed E-state index contributed by atoms with van der Waals surface area (Å²) in [5, 5.41) is 47.7. The minimum absolute atomic E-state index is 0.111. The summed E-state index contributed by atoms with van der Waals surface area (Å²) in [6, 6.07) is 3.04. The van der Waals surface area contributed by atoms with Crippen molar-refractivity contribution in [1.29, 1.82) is 0 Å². The van der Waals surface area contributed by atoms with Crippen molar-refractivity contribution in [3.63, 3.8) is 0 Å². The first-order chi connectivity index (χ1) is 24.2. The zero-order chi connectivity index (χ0) is 36.8. The summed E-state index contributed by atoms with van der Waals surface area (Å²) in [5.41, 5.74) is 1.12. The molecule has 284 valence electrons. The average Bonchev–Trinajstić information content (AvgIpc) is 3.57. The molecule has 0 saturated carbocycles. The van der Waals surface area contributed by atoms with Crippen molar-refractivity contribution >= 4 is 40.3 Å². The maximum Gasteiger partial charge on any atom is 0.317 e. The van der Waals surface area contributed by atoms with Crippen LogP contribution in [-0.2, 0) is 14.4 Å². The third-order valence-electron chi connectivity index (χ3n) is 8.92. The predicted octanol–water partition coefficient (Wildman–Crippen LogP) is 10.2. The number of fused-ring (bicyclic) bond motifs is 1. The molecule has 1 aromatic heterocycles. The number of non-ortho nitro benzene ring substituents is 1. The Balaban J connectivity index is 0.000000508. The van der Waals surface area contributed by atoms with E-state index in [4.69, 9.17) is 15.3 Å². The SMILES string of the molecule is CCCCCCCCCCCCCCCCC(C(=O)O)C(=O)O.O=C(O)CCCCCCCCCCCNc1ccc([N+](=O)[O-])c2nonc12. The summed E-state index contributed by atoms with van der Waals surface area (Å²) < 4.78 is 4.64. The summed E-state index contributed by atoms with van der Waals surface area (Å²) in [6.07, 6.45) is 27.6. The van der Waals surface area contributed by atoms with E-state index in [1.807, 2.05) is 0 Å². The number of nitrogens with zero attached hydrogens (tertiary/aromatic N) is 3. The molecule has 0 saturated heterocycles. The van der Waals surface area contributed by atoms with E-state index >= 15 is 0 Å². The molecule has 2 aromatic rings. The molecular weight excluding hydrogens is 644 g/mol. The molecule has 0 atom stereocenters. The third kappa shape index (κ3) is 21.3. The van der Waals surface area contributed by atoms with Crippen LogP contribution in [0.1, 0.15) is 167 Å². The molecule has 4 N–H and O–H groups in total. The van der Waals surface area contributed by atoms with E-state index in [2.05, 4.69) is 27.2 Å². The summed E-state index contributed by atoms with van der Waals surface area (Å²) in [7, 11) is 0. The number of anilines is 1. The first-order valence-corrected chi connectivity index (χ1v) is 19.0. The van der Waals surface area contributed by atoms with Gasteiger partial charge in [-0.1, -0.05) is 142 Å². The van der Waals surface area contributed by atoms with Crippen molar-refractivity contribution in [2.24, 2.45) is 5.92 Å². The van der Waals surface area contributed by atoms with Gasteiger partial charge < -0.3 is 20.6 Å². The number of rotatable bonds is 31. The highest BCUT2D eigenvalue weighted by Crippen LogP contribution is 2.28. The standard InChI is InChI=1S/C19H36O4.C18H26N4O5/c1-2-3-4-5-6-7-8-9-10-11-12-13-14-15-16-17(18(20)21)19(22)23;23-16(24)10-8-6-4-2-1-3-5-7-9-13-19-14-11-12-15(22(25)26)18-17(14)20-27-21-18/h17H,2-16H2,1H3,(H,20,21)(H,22,23);11-12,19H,1-10,13H2,(H,23,24). The van der Waals surface area contributed by atoms with Crippen LogP contribution in [0.2, 0.25) is 0 Å². The van der Waals surface area contributed by atoms with Gasteiger partial charge in [-0.15, -0.1) is 0 Å². The van der Waals surface area contributed by atoms with Crippen molar-refractivity contribution < 1.29 is 39.3 Å². The van der Waals surface area contributed by atoms with Gasteiger partial charge in [0.1, 0.15) is 0 Å². The highest BCUT2D eigenvalue weighted by atomic mass is 16.6. The number of nitro benzene ring substituents is 1. The topological polar surface area (TPSA) is 206 Å². The molecule has 0 aliphatic heterocycles. The molecule has 0 spiro atoms. The van der Waals surface area contributed by atoms with Gasteiger partial charge in [-0.25, -0.2) is 4.63 Å². The van der Waals surface area contributed by atoms with Crippen LogP contribution in [-0.4, -0.2) is 55.0 Å². The number of carboxylic acid groups (broad SMARTS) is 3. The number of hydrogen-bond acceptors (Lipinski definition) is 9. The lowest BCUT2D eigenvalue weighted by Gasteiger charge is -2.07. The van der Waals surface area contributed by atoms with Crippen molar-refractivity contribution in [3.8, 4) is 0 Å². The number of nitrogens with one attached hydrogen (secondary N) is 1. The van der Waals surface area contributed by atoms with E-state index in [0.717, 1.165) is 64.3 Å². The maximum absolute atomic E-state index is 11.0. The summed E-state index contributed by atoms with van der Waals surface area (Å²) in [4.78, 5) is 42.3. The number of aromatic nitrogens is 2. The minimum atomic E-state index is -1.23. The Kier molecular flexibility index (Phi) is 25.7. The fraction of sp³-hybridized carbons (Fsp3) is 0.757. The molecule has 13 nitrogen and oxygen atoms in total. The number of benzene rings is 1. The number of nitro groups is 1. The zero-order valence-corrected chi connectivity index (χ0v) is 30.2. The maximum atomic E-state index is 11.0. The third-order valence-corrected chi connectivity index (χ3v) is 8.92. The van der Waals surface area contributed by atoms with Gasteiger partial charge in [-0.05, 0) is 35.6 Å². The second-order valence-electron chi connectivity index (χ2n) is 13.2. The Morgan fingerprint density at radius 1 is 0.680 bits per heavy atom. The number of carboxylic acids is 3. The van der Waals surface area contributed by atoms with Gasteiger partial charge in [0.15, 0.2) is 11.4 Å².